The van der Waals surface area contributed by atoms with Crippen molar-refractivity contribution in [1.29, 1.82) is 0 Å². The minimum Gasteiger partial charge on any atom is -0.326 e. The number of hydrogen-bond acceptors (Lipinski definition) is 3. The molecule has 0 bridgehead atoms. The Balaban J connectivity index is 1.82. The SMILES string of the molecule is FC(F)(F)c1cc(NC2=NCc3ccccc3N2)ccc1Cl. The summed E-state index contributed by atoms with van der Waals surface area (Å²) in [6.45, 7) is 0.464. The molecule has 22 heavy (non-hydrogen) atoms. The average Bonchev–Trinajstić information content (AvgIpc) is 2.48. The molecule has 0 saturated heterocycles. The van der Waals surface area contributed by atoms with Crippen LogP contribution in [0, 0.1) is 0 Å². The van der Waals surface area contributed by atoms with Crippen molar-refractivity contribution in [3.63, 3.8) is 0 Å². The van der Waals surface area contributed by atoms with Gasteiger partial charge in [0.05, 0.1) is 17.1 Å². The normalized spacial score (nSPS) is 13.9. The highest BCUT2D eigenvalue weighted by Crippen LogP contribution is 2.36. The molecule has 1 aliphatic rings. The zero-order valence-electron chi connectivity index (χ0n) is 11.2. The van der Waals surface area contributed by atoms with Crippen LogP contribution < -0.4 is 10.6 Å². The van der Waals surface area contributed by atoms with E-state index in [1.165, 1.54) is 12.1 Å². The first-order valence-corrected chi connectivity index (χ1v) is 6.84. The van der Waals surface area contributed by atoms with E-state index in [9.17, 15) is 13.2 Å². The second-order valence-electron chi connectivity index (χ2n) is 4.76. The van der Waals surface area contributed by atoms with Crippen molar-refractivity contribution in [1.82, 2.24) is 0 Å². The third-order valence-electron chi connectivity index (χ3n) is 3.21. The molecule has 0 spiro atoms. The van der Waals surface area contributed by atoms with Gasteiger partial charge in [-0.25, -0.2) is 4.99 Å². The van der Waals surface area contributed by atoms with E-state index in [1.54, 1.807) is 0 Å². The van der Waals surface area contributed by atoms with Gasteiger partial charge in [-0.3, -0.25) is 0 Å². The standard InChI is InChI=1S/C15H11ClF3N3/c16-12-6-5-10(7-11(12)15(17,18)19)21-14-20-8-9-3-1-2-4-13(9)22-14/h1-7H,8H2,(H2,20,21,22). The van der Waals surface area contributed by atoms with Gasteiger partial charge in [0.25, 0.3) is 0 Å². The van der Waals surface area contributed by atoms with E-state index in [2.05, 4.69) is 15.6 Å². The lowest BCUT2D eigenvalue weighted by Gasteiger charge is -2.20. The van der Waals surface area contributed by atoms with Crippen molar-refractivity contribution in [2.45, 2.75) is 12.7 Å². The summed E-state index contributed by atoms with van der Waals surface area (Å²) in [7, 11) is 0. The molecule has 0 fully saturated rings. The van der Waals surface area contributed by atoms with E-state index in [1.807, 2.05) is 24.3 Å². The summed E-state index contributed by atoms with van der Waals surface area (Å²) in [5.41, 5.74) is 1.29. The molecule has 0 aliphatic carbocycles. The predicted octanol–water partition coefficient (Wildman–Crippen LogP) is 4.75. The Labute approximate surface area is 129 Å². The van der Waals surface area contributed by atoms with E-state index in [0.717, 1.165) is 17.3 Å². The van der Waals surface area contributed by atoms with E-state index in [-0.39, 0.29) is 10.7 Å². The smallest absolute Gasteiger partial charge is 0.326 e. The van der Waals surface area contributed by atoms with Crippen LogP contribution in [0.2, 0.25) is 5.02 Å². The van der Waals surface area contributed by atoms with E-state index < -0.39 is 11.7 Å². The number of para-hydroxylation sites is 1. The van der Waals surface area contributed by atoms with Crippen molar-refractivity contribution in [2.24, 2.45) is 4.99 Å². The number of benzene rings is 2. The van der Waals surface area contributed by atoms with Gasteiger partial charge in [-0.1, -0.05) is 29.8 Å². The number of anilines is 2. The van der Waals surface area contributed by atoms with E-state index in [0.29, 0.717) is 12.5 Å². The number of nitrogens with one attached hydrogen (secondary N) is 2. The molecule has 2 aromatic rings. The Hall–Kier alpha value is -2.21. The summed E-state index contributed by atoms with van der Waals surface area (Å²) < 4.78 is 38.5. The number of hydrogen-bond donors (Lipinski definition) is 2. The molecular weight excluding hydrogens is 315 g/mol. The van der Waals surface area contributed by atoms with Gasteiger partial charge in [-0.2, -0.15) is 13.2 Å². The molecule has 1 heterocycles. The predicted molar refractivity (Wildman–Crippen MR) is 81.3 cm³/mol. The third-order valence-corrected chi connectivity index (χ3v) is 3.54. The first-order valence-electron chi connectivity index (χ1n) is 6.46. The number of rotatable bonds is 1. The number of guanidine groups is 1. The lowest BCUT2D eigenvalue weighted by Crippen LogP contribution is -2.25. The fourth-order valence-corrected chi connectivity index (χ4v) is 2.36. The molecular formula is C15H11ClF3N3. The van der Waals surface area contributed by atoms with Crippen LogP contribution in [0.1, 0.15) is 11.1 Å². The Kier molecular flexibility index (Phi) is 3.70. The molecule has 7 heteroatoms. The van der Waals surface area contributed by atoms with Gasteiger partial charge in [0.1, 0.15) is 0 Å². The summed E-state index contributed by atoms with van der Waals surface area (Å²) in [5.74, 6) is 0.397. The van der Waals surface area contributed by atoms with Crippen LogP contribution in [0.4, 0.5) is 24.5 Å². The lowest BCUT2D eigenvalue weighted by atomic mass is 10.1. The molecule has 0 aromatic heterocycles. The van der Waals surface area contributed by atoms with Crippen LogP contribution >= 0.6 is 11.6 Å². The minimum absolute atomic E-state index is 0.266. The van der Waals surface area contributed by atoms with Crippen molar-refractivity contribution in [3.8, 4) is 0 Å². The van der Waals surface area contributed by atoms with Crippen molar-refractivity contribution >= 4 is 28.9 Å². The van der Waals surface area contributed by atoms with Gasteiger partial charge < -0.3 is 10.6 Å². The average molecular weight is 326 g/mol. The summed E-state index contributed by atoms with van der Waals surface area (Å²) in [5, 5.41) is 5.55. The van der Waals surface area contributed by atoms with Crippen LogP contribution in [0.3, 0.4) is 0 Å². The molecule has 1 aliphatic heterocycles. The molecule has 0 radical (unpaired) electrons. The molecule has 0 atom stereocenters. The van der Waals surface area contributed by atoms with Crippen molar-refractivity contribution in [2.75, 3.05) is 10.6 Å². The van der Waals surface area contributed by atoms with Gasteiger partial charge in [0.2, 0.25) is 5.96 Å². The Morgan fingerprint density at radius 3 is 2.68 bits per heavy atom. The van der Waals surface area contributed by atoms with Crippen LogP contribution in [-0.4, -0.2) is 5.96 Å². The minimum atomic E-state index is -4.50. The zero-order chi connectivity index (χ0) is 15.7. The highest BCUT2D eigenvalue weighted by atomic mass is 35.5. The summed E-state index contributed by atoms with van der Waals surface area (Å²) in [4.78, 5) is 4.26. The summed E-state index contributed by atoms with van der Waals surface area (Å²) in [6.07, 6.45) is -4.50. The van der Waals surface area contributed by atoms with Crippen LogP contribution in [-0.2, 0) is 12.7 Å². The Morgan fingerprint density at radius 1 is 1.14 bits per heavy atom. The Morgan fingerprint density at radius 2 is 1.91 bits per heavy atom. The zero-order valence-corrected chi connectivity index (χ0v) is 12.0. The first-order chi connectivity index (χ1) is 10.4. The van der Waals surface area contributed by atoms with E-state index >= 15 is 0 Å². The van der Waals surface area contributed by atoms with Gasteiger partial charge in [-0.15, -0.1) is 0 Å². The van der Waals surface area contributed by atoms with Crippen LogP contribution in [0.25, 0.3) is 0 Å². The molecule has 0 amide bonds. The van der Waals surface area contributed by atoms with Crippen molar-refractivity contribution < 1.29 is 13.2 Å². The maximum absolute atomic E-state index is 12.8. The number of aliphatic imine (C=N–C) groups is 1. The Bertz CT molecular complexity index is 741. The molecule has 3 rings (SSSR count). The van der Waals surface area contributed by atoms with Crippen LogP contribution in [0.15, 0.2) is 47.5 Å². The lowest BCUT2D eigenvalue weighted by molar-refractivity contribution is -0.137. The molecule has 2 aromatic carbocycles. The third kappa shape index (κ3) is 3.01. The van der Waals surface area contributed by atoms with Gasteiger partial charge in [0, 0.05) is 11.4 Å². The second-order valence-corrected chi connectivity index (χ2v) is 5.17. The van der Waals surface area contributed by atoms with Crippen molar-refractivity contribution in [3.05, 3.63) is 58.6 Å². The number of halogens is 4. The highest BCUT2D eigenvalue weighted by molar-refractivity contribution is 6.31. The van der Waals surface area contributed by atoms with Gasteiger partial charge in [-0.05, 0) is 29.8 Å². The van der Waals surface area contributed by atoms with Crippen LogP contribution in [0.5, 0.6) is 0 Å². The fraction of sp³-hybridized carbons (Fsp3) is 0.133. The second kappa shape index (κ2) is 5.53. The number of alkyl halides is 3. The molecule has 3 nitrogen and oxygen atoms in total. The first kappa shape index (κ1) is 14.7. The molecule has 0 unspecified atom stereocenters. The number of nitrogens with zero attached hydrogens (tertiary/aromatic N) is 1. The summed E-state index contributed by atoms with van der Waals surface area (Å²) >= 11 is 5.60. The molecule has 0 saturated carbocycles. The van der Waals surface area contributed by atoms with Gasteiger partial charge >= 0.3 is 6.18 Å². The van der Waals surface area contributed by atoms with Gasteiger partial charge in [0.15, 0.2) is 0 Å². The largest absolute Gasteiger partial charge is 0.417 e. The quantitative estimate of drug-likeness (QED) is 0.793. The highest BCUT2D eigenvalue weighted by Gasteiger charge is 2.33. The fourth-order valence-electron chi connectivity index (χ4n) is 2.14. The maximum Gasteiger partial charge on any atom is 0.417 e. The van der Waals surface area contributed by atoms with E-state index in [4.69, 9.17) is 11.6 Å². The molecule has 2 N–H and O–H groups in total. The number of fused-ring (bicyclic) bond motifs is 1. The molecule has 114 valence electrons. The summed E-state index contributed by atoms with van der Waals surface area (Å²) in [6, 6.07) is 11.3. The monoisotopic (exact) mass is 325 g/mol. The topological polar surface area (TPSA) is 36.4 Å². The maximum atomic E-state index is 12.8.